The number of carbonyl (C=O) groups is 1. The van der Waals surface area contributed by atoms with E-state index in [9.17, 15) is 4.79 Å². The van der Waals surface area contributed by atoms with Gasteiger partial charge in [0.05, 0.1) is 25.6 Å². The lowest BCUT2D eigenvalue weighted by Gasteiger charge is -2.23. The molecule has 4 rings (SSSR count). The number of ether oxygens (including phenoxy) is 3. The number of rotatable bonds is 11. The van der Waals surface area contributed by atoms with Crippen molar-refractivity contribution in [2.24, 2.45) is 10.9 Å². The van der Waals surface area contributed by atoms with Crippen molar-refractivity contribution in [1.29, 1.82) is 0 Å². The highest BCUT2D eigenvalue weighted by molar-refractivity contribution is 7.17. The number of fused-ring (bicyclic) bond motifs is 1. The first kappa shape index (κ1) is 29.1. The number of carboxylic acids is 1. The molecule has 1 aliphatic heterocycles. The van der Waals surface area contributed by atoms with Gasteiger partial charge in [0.2, 0.25) is 5.88 Å². The van der Waals surface area contributed by atoms with E-state index in [1.54, 1.807) is 30.4 Å². The Morgan fingerprint density at radius 1 is 1.23 bits per heavy atom. The summed E-state index contributed by atoms with van der Waals surface area (Å²) in [6.07, 6.45) is 5.50. The summed E-state index contributed by atoms with van der Waals surface area (Å²) in [7, 11) is 0. The van der Waals surface area contributed by atoms with Crippen LogP contribution in [0.1, 0.15) is 44.2 Å². The molecule has 0 bridgehead atoms. The summed E-state index contributed by atoms with van der Waals surface area (Å²) in [5.41, 5.74) is 5.38. The summed E-state index contributed by atoms with van der Waals surface area (Å²) in [5.74, 6) is 5.76. The molecule has 40 heavy (non-hydrogen) atoms. The molecule has 0 saturated carbocycles. The summed E-state index contributed by atoms with van der Waals surface area (Å²) in [5, 5.41) is 12.5. The van der Waals surface area contributed by atoms with E-state index in [1.807, 2.05) is 6.92 Å². The Morgan fingerprint density at radius 3 is 2.73 bits per heavy atom. The molecule has 2 aromatic carbocycles. The third-order valence-electron chi connectivity index (χ3n) is 6.88. The van der Waals surface area contributed by atoms with Gasteiger partial charge in [0.15, 0.2) is 0 Å². The van der Waals surface area contributed by atoms with Gasteiger partial charge in [0.25, 0.3) is 0 Å². The van der Waals surface area contributed by atoms with Crippen molar-refractivity contribution in [3.63, 3.8) is 0 Å². The minimum atomic E-state index is -0.888. The molecule has 0 aliphatic carbocycles. The number of thiophene rings is 1. The largest absolute Gasteiger partial charge is 0.490 e. The van der Waals surface area contributed by atoms with Crippen molar-refractivity contribution in [1.82, 2.24) is 0 Å². The number of aryl methyl sites for hydroxylation is 1. The van der Waals surface area contributed by atoms with Crippen LogP contribution >= 0.6 is 11.3 Å². The predicted molar refractivity (Wildman–Crippen MR) is 162 cm³/mol. The SMILES string of the molecule is C=N/C(=C\C=C(/C)C(C#CC)CC(=O)O)OCc1ccc2scc(-c3ccc(OC4CCOCC4)cc3C)c2c1. The second-order valence-electron chi connectivity index (χ2n) is 9.79. The van der Waals surface area contributed by atoms with Gasteiger partial charge in [-0.3, -0.25) is 4.79 Å². The molecule has 6 nitrogen and oxygen atoms in total. The Hall–Kier alpha value is -3.86. The number of benzene rings is 2. The number of aliphatic imine (C=N–C) groups is 1. The van der Waals surface area contributed by atoms with E-state index in [1.165, 1.54) is 26.8 Å². The maximum atomic E-state index is 11.2. The van der Waals surface area contributed by atoms with E-state index in [4.69, 9.17) is 19.3 Å². The zero-order valence-electron chi connectivity index (χ0n) is 23.2. The summed E-state index contributed by atoms with van der Waals surface area (Å²) in [4.78, 5) is 15.2. The van der Waals surface area contributed by atoms with Gasteiger partial charge < -0.3 is 19.3 Å². The van der Waals surface area contributed by atoms with Crippen LogP contribution in [0.25, 0.3) is 21.2 Å². The summed E-state index contributed by atoms with van der Waals surface area (Å²) >= 11 is 1.72. The van der Waals surface area contributed by atoms with Crippen LogP contribution in [0.4, 0.5) is 0 Å². The summed E-state index contributed by atoms with van der Waals surface area (Å²) in [6.45, 7) is 11.1. The first-order valence-corrected chi connectivity index (χ1v) is 14.2. The maximum Gasteiger partial charge on any atom is 0.304 e. The first-order chi connectivity index (χ1) is 19.4. The van der Waals surface area contributed by atoms with Crippen LogP contribution in [0.2, 0.25) is 0 Å². The highest BCUT2D eigenvalue weighted by Crippen LogP contribution is 2.37. The molecular weight excluding hydrogens is 522 g/mol. The summed E-state index contributed by atoms with van der Waals surface area (Å²) < 4.78 is 18.8. The molecule has 1 aromatic heterocycles. The fourth-order valence-corrected chi connectivity index (χ4v) is 5.61. The van der Waals surface area contributed by atoms with Crippen LogP contribution in [0.5, 0.6) is 5.75 Å². The molecule has 1 atom stereocenters. The van der Waals surface area contributed by atoms with Crippen LogP contribution < -0.4 is 4.74 Å². The van der Waals surface area contributed by atoms with Crippen molar-refractivity contribution in [3.8, 4) is 28.7 Å². The zero-order valence-corrected chi connectivity index (χ0v) is 24.1. The van der Waals surface area contributed by atoms with Crippen molar-refractivity contribution in [2.45, 2.75) is 52.7 Å². The molecule has 0 radical (unpaired) electrons. The second-order valence-corrected chi connectivity index (χ2v) is 10.7. The van der Waals surface area contributed by atoms with E-state index in [0.29, 0.717) is 12.5 Å². The predicted octanol–water partition coefficient (Wildman–Crippen LogP) is 7.55. The van der Waals surface area contributed by atoms with Gasteiger partial charge in [-0.05, 0) is 73.8 Å². The lowest BCUT2D eigenvalue weighted by atomic mass is 9.97. The molecule has 1 unspecified atom stereocenters. The monoisotopic (exact) mass is 557 g/mol. The van der Waals surface area contributed by atoms with Crippen LogP contribution in [0.3, 0.4) is 0 Å². The Kier molecular flexibility index (Phi) is 10.2. The Balaban J connectivity index is 1.48. The van der Waals surface area contributed by atoms with Gasteiger partial charge in [-0.15, -0.1) is 17.3 Å². The average Bonchev–Trinajstić information content (AvgIpc) is 3.36. The molecule has 3 aromatic rings. The molecule has 1 N–H and O–H groups in total. The topological polar surface area (TPSA) is 77.4 Å². The maximum absolute atomic E-state index is 11.2. The Labute approximate surface area is 240 Å². The fraction of sp³-hybridized carbons (Fsp3) is 0.333. The van der Waals surface area contributed by atoms with Crippen molar-refractivity contribution >= 4 is 34.1 Å². The van der Waals surface area contributed by atoms with Gasteiger partial charge in [0, 0.05) is 34.6 Å². The smallest absolute Gasteiger partial charge is 0.304 e. The van der Waals surface area contributed by atoms with Crippen molar-refractivity contribution in [2.75, 3.05) is 13.2 Å². The minimum absolute atomic E-state index is 0.0527. The van der Waals surface area contributed by atoms with Crippen LogP contribution in [-0.4, -0.2) is 37.1 Å². The molecule has 0 amide bonds. The van der Waals surface area contributed by atoms with Crippen LogP contribution in [0, 0.1) is 24.7 Å². The number of hydrogen-bond acceptors (Lipinski definition) is 6. The molecular formula is C33H35NO5S. The number of carboxylic acid groups (broad SMARTS) is 1. The molecule has 1 aliphatic rings. The van der Waals surface area contributed by atoms with Crippen molar-refractivity contribution in [3.05, 3.63) is 76.5 Å². The first-order valence-electron chi connectivity index (χ1n) is 13.4. The lowest BCUT2D eigenvalue weighted by Crippen LogP contribution is -2.25. The molecule has 0 spiro atoms. The average molecular weight is 558 g/mol. The number of nitrogens with zero attached hydrogens (tertiary/aromatic N) is 1. The number of allylic oxidation sites excluding steroid dienone is 3. The van der Waals surface area contributed by atoms with Gasteiger partial charge in [-0.25, -0.2) is 4.99 Å². The molecule has 2 heterocycles. The standard InChI is InChI=1S/C33H35NO5S/c1-5-6-25(19-33(35)36)22(2)7-12-32(34-4)38-20-24-8-11-31-29(18-24)30(21-40-31)28-10-9-27(17-23(28)3)39-26-13-15-37-16-14-26/h7-12,17-18,21,25-26H,4,13-16,19-20H2,1-3H3,(H,35,36)/b22-7+,32-12+. The van der Waals surface area contributed by atoms with Crippen molar-refractivity contribution < 1.29 is 24.1 Å². The van der Waals surface area contributed by atoms with Gasteiger partial charge >= 0.3 is 5.97 Å². The second kappa shape index (κ2) is 14.0. The normalized spacial score (nSPS) is 15.3. The molecule has 7 heteroatoms. The quantitative estimate of drug-likeness (QED) is 0.114. The third-order valence-corrected chi connectivity index (χ3v) is 7.84. The third kappa shape index (κ3) is 7.62. The molecule has 1 saturated heterocycles. The number of aliphatic carboxylic acids is 1. The highest BCUT2D eigenvalue weighted by atomic mass is 32.1. The van der Waals surface area contributed by atoms with Crippen LogP contribution in [0.15, 0.2) is 70.4 Å². The lowest BCUT2D eigenvalue weighted by molar-refractivity contribution is -0.137. The highest BCUT2D eigenvalue weighted by Gasteiger charge is 2.17. The Bertz CT molecular complexity index is 1480. The molecule has 1 fully saturated rings. The Morgan fingerprint density at radius 2 is 2.02 bits per heavy atom. The zero-order chi connectivity index (χ0) is 28.5. The van der Waals surface area contributed by atoms with Gasteiger partial charge in [-0.2, -0.15) is 0 Å². The number of hydrogen-bond donors (Lipinski definition) is 1. The fourth-order valence-electron chi connectivity index (χ4n) is 4.67. The van der Waals surface area contributed by atoms with Gasteiger partial charge in [-0.1, -0.05) is 29.7 Å². The summed E-state index contributed by atoms with van der Waals surface area (Å²) in [6, 6.07) is 12.7. The molecule has 208 valence electrons. The van der Waals surface area contributed by atoms with E-state index >= 15 is 0 Å². The van der Waals surface area contributed by atoms with Gasteiger partial charge in [0.1, 0.15) is 18.5 Å². The van der Waals surface area contributed by atoms with E-state index in [0.717, 1.165) is 42.9 Å². The van der Waals surface area contributed by atoms with Crippen LogP contribution in [-0.2, 0) is 20.9 Å². The minimum Gasteiger partial charge on any atom is -0.490 e. The van der Waals surface area contributed by atoms with E-state index < -0.39 is 5.97 Å². The van der Waals surface area contributed by atoms with E-state index in [-0.39, 0.29) is 18.4 Å². The van der Waals surface area contributed by atoms with E-state index in [2.05, 4.69) is 72.3 Å².